The second-order valence-electron chi connectivity index (χ2n) is 5.57. The van der Waals surface area contributed by atoms with Crippen molar-refractivity contribution >= 4 is 17.6 Å². The van der Waals surface area contributed by atoms with Crippen LogP contribution in [0.3, 0.4) is 0 Å². The Balaban J connectivity index is 2.33. The van der Waals surface area contributed by atoms with Gasteiger partial charge in [0.25, 0.3) is 0 Å². The highest BCUT2D eigenvalue weighted by molar-refractivity contribution is 8.02. The van der Waals surface area contributed by atoms with Gasteiger partial charge in [0.1, 0.15) is 17.5 Å². The zero-order chi connectivity index (χ0) is 18.2. The summed E-state index contributed by atoms with van der Waals surface area (Å²) in [5.41, 5.74) is 7.95. The predicted molar refractivity (Wildman–Crippen MR) is 102 cm³/mol. The Kier molecular flexibility index (Phi) is 7.31. The van der Waals surface area contributed by atoms with Crippen molar-refractivity contribution in [3.05, 3.63) is 46.7 Å². The summed E-state index contributed by atoms with van der Waals surface area (Å²) >= 11 is 1.34. The molecular formula is C18H24N4O2S. The third-order valence-corrected chi connectivity index (χ3v) is 4.69. The second kappa shape index (κ2) is 9.47. The van der Waals surface area contributed by atoms with Crippen LogP contribution in [0.25, 0.3) is 0 Å². The number of rotatable bonds is 5. The van der Waals surface area contributed by atoms with Crippen molar-refractivity contribution in [2.24, 2.45) is 10.7 Å². The fourth-order valence-corrected chi connectivity index (χ4v) is 2.90. The zero-order valence-corrected chi connectivity index (χ0v) is 15.5. The van der Waals surface area contributed by atoms with E-state index in [-0.39, 0.29) is 6.10 Å². The maximum atomic E-state index is 9.60. The molecule has 1 saturated heterocycles. The van der Waals surface area contributed by atoms with Gasteiger partial charge in [-0.25, -0.2) is 4.99 Å². The molecule has 25 heavy (non-hydrogen) atoms. The Morgan fingerprint density at radius 1 is 1.52 bits per heavy atom. The average molecular weight is 360 g/mol. The molecule has 0 radical (unpaired) electrons. The molecule has 0 aromatic carbocycles. The van der Waals surface area contributed by atoms with Crippen molar-refractivity contribution < 1.29 is 9.47 Å². The van der Waals surface area contributed by atoms with Crippen LogP contribution in [-0.4, -0.2) is 56.5 Å². The fraction of sp³-hybridized carbons (Fsp3) is 0.444. The summed E-state index contributed by atoms with van der Waals surface area (Å²) < 4.78 is 10.7. The minimum Gasteiger partial charge on any atom is -0.392 e. The zero-order valence-electron chi connectivity index (χ0n) is 14.7. The van der Waals surface area contributed by atoms with Gasteiger partial charge in [-0.2, -0.15) is 5.26 Å². The van der Waals surface area contributed by atoms with Gasteiger partial charge in [-0.1, -0.05) is 24.8 Å². The van der Waals surface area contributed by atoms with Crippen LogP contribution in [0, 0.1) is 11.3 Å². The quantitative estimate of drug-likeness (QED) is 0.460. The minimum absolute atomic E-state index is 0.0842. The van der Waals surface area contributed by atoms with Crippen molar-refractivity contribution in [2.75, 3.05) is 39.7 Å². The fourth-order valence-electron chi connectivity index (χ4n) is 2.56. The molecule has 1 heterocycles. The molecule has 0 saturated carbocycles. The monoisotopic (exact) mass is 360 g/mol. The van der Waals surface area contributed by atoms with E-state index >= 15 is 0 Å². The number of nitrogens with two attached hydrogens (primary N) is 1. The van der Waals surface area contributed by atoms with Gasteiger partial charge < -0.3 is 20.1 Å². The Labute approximate surface area is 153 Å². The SMILES string of the molecule is C=C(N=C(/C(C#N)=C(\N)SC)N1CCOCC1)C1=CCC(OC)C=C1. The molecule has 1 aliphatic heterocycles. The van der Waals surface area contributed by atoms with E-state index in [4.69, 9.17) is 15.2 Å². The molecule has 7 heteroatoms. The molecule has 1 atom stereocenters. The van der Waals surface area contributed by atoms with Gasteiger partial charge in [0, 0.05) is 20.2 Å². The maximum Gasteiger partial charge on any atom is 0.150 e. The Bertz CT molecular complexity index is 667. The number of ether oxygens (including phenoxy) is 2. The van der Waals surface area contributed by atoms with Gasteiger partial charge >= 0.3 is 0 Å². The van der Waals surface area contributed by atoms with Crippen LogP contribution in [-0.2, 0) is 9.47 Å². The van der Waals surface area contributed by atoms with Gasteiger partial charge in [0.05, 0.1) is 30.0 Å². The van der Waals surface area contributed by atoms with E-state index in [1.165, 1.54) is 11.8 Å². The molecule has 2 rings (SSSR count). The lowest BCUT2D eigenvalue weighted by Gasteiger charge is -2.30. The number of allylic oxidation sites excluding steroid dienone is 1. The van der Waals surface area contributed by atoms with E-state index in [1.54, 1.807) is 7.11 Å². The first-order chi connectivity index (χ1) is 12.1. The molecule has 1 fully saturated rings. The van der Waals surface area contributed by atoms with E-state index in [9.17, 15) is 5.26 Å². The highest BCUT2D eigenvalue weighted by Crippen LogP contribution is 2.22. The topological polar surface area (TPSA) is 83.9 Å². The van der Waals surface area contributed by atoms with E-state index in [0.29, 0.717) is 48.4 Å². The predicted octanol–water partition coefficient (Wildman–Crippen LogP) is 2.19. The van der Waals surface area contributed by atoms with Crippen molar-refractivity contribution in [1.29, 1.82) is 5.26 Å². The van der Waals surface area contributed by atoms with Gasteiger partial charge in [-0.15, -0.1) is 11.8 Å². The average Bonchev–Trinajstić information content (AvgIpc) is 2.68. The van der Waals surface area contributed by atoms with Gasteiger partial charge in [0.15, 0.2) is 0 Å². The molecule has 0 bridgehead atoms. The highest BCUT2D eigenvalue weighted by Gasteiger charge is 2.22. The second-order valence-corrected chi connectivity index (χ2v) is 6.41. The van der Waals surface area contributed by atoms with Crippen LogP contribution in [0.15, 0.2) is 51.7 Å². The van der Waals surface area contributed by atoms with Crippen molar-refractivity contribution in [1.82, 2.24) is 4.90 Å². The largest absolute Gasteiger partial charge is 0.392 e. The van der Waals surface area contributed by atoms with E-state index in [1.807, 2.05) is 29.4 Å². The molecule has 0 aromatic heterocycles. The van der Waals surface area contributed by atoms with E-state index in [2.05, 4.69) is 17.6 Å². The first-order valence-electron chi connectivity index (χ1n) is 8.06. The van der Waals surface area contributed by atoms with E-state index in [0.717, 1.165) is 12.0 Å². The van der Waals surface area contributed by atoms with Crippen LogP contribution in [0.5, 0.6) is 0 Å². The number of thioether (sulfide) groups is 1. The van der Waals surface area contributed by atoms with Gasteiger partial charge in [-0.3, -0.25) is 0 Å². The van der Waals surface area contributed by atoms with Crippen LogP contribution >= 0.6 is 11.8 Å². The number of aliphatic imine (C=N–C) groups is 1. The molecular weight excluding hydrogens is 336 g/mol. The summed E-state index contributed by atoms with van der Waals surface area (Å²) in [4.78, 5) is 6.70. The van der Waals surface area contributed by atoms with Crippen molar-refractivity contribution in [3.63, 3.8) is 0 Å². The van der Waals surface area contributed by atoms with Crippen LogP contribution in [0.4, 0.5) is 0 Å². The lowest BCUT2D eigenvalue weighted by molar-refractivity contribution is 0.0682. The molecule has 1 unspecified atom stereocenters. The number of amidine groups is 1. The van der Waals surface area contributed by atoms with Crippen molar-refractivity contribution in [2.45, 2.75) is 12.5 Å². The first-order valence-corrected chi connectivity index (χ1v) is 9.29. The highest BCUT2D eigenvalue weighted by atomic mass is 32.2. The summed E-state index contributed by atoms with van der Waals surface area (Å²) in [5, 5.41) is 10.1. The van der Waals surface area contributed by atoms with Crippen LogP contribution in [0.1, 0.15) is 6.42 Å². The first kappa shape index (κ1) is 19.3. The maximum absolute atomic E-state index is 9.60. The Morgan fingerprint density at radius 2 is 2.24 bits per heavy atom. The molecule has 0 spiro atoms. The smallest absolute Gasteiger partial charge is 0.150 e. The molecule has 2 aliphatic rings. The summed E-state index contributed by atoms with van der Waals surface area (Å²) in [7, 11) is 1.69. The van der Waals surface area contributed by atoms with Gasteiger partial charge in [-0.05, 0) is 18.2 Å². The van der Waals surface area contributed by atoms with Crippen LogP contribution < -0.4 is 5.73 Å². The lowest BCUT2D eigenvalue weighted by Crippen LogP contribution is -2.42. The number of hydrogen-bond acceptors (Lipinski definition) is 6. The van der Waals surface area contributed by atoms with E-state index < -0.39 is 0 Å². The summed E-state index contributed by atoms with van der Waals surface area (Å²) in [6.07, 6.45) is 8.69. The molecule has 0 amide bonds. The van der Waals surface area contributed by atoms with Crippen LogP contribution in [0.2, 0.25) is 0 Å². The molecule has 1 aliphatic carbocycles. The number of nitrogens with zero attached hydrogens (tertiary/aromatic N) is 3. The Hall–Kier alpha value is -2.01. The Morgan fingerprint density at radius 3 is 2.76 bits per heavy atom. The molecule has 134 valence electrons. The minimum atomic E-state index is 0.0842. The number of methoxy groups -OCH3 is 1. The number of hydrogen-bond donors (Lipinski definition) is 1. The number of nitriles is 1. The molecule has 6 nitrogen and oxygen atoms in total. The third-order valence-electron chi connectivity index (χ3n) is 4.05. The standard InChI is InChI=1S/C18H24N4O2S/c1-13(14-4-6-15(23-2)7-5-14)21-18(16(12-19)17(20)25-3)22-8-10-24-11-9-22/h4-6,15H,1,7-11,20H2,2-3H3/b17-16+,21-18?. The summed E-state index contributed by atoms with van der Waals surface area (Å²) in [6.45, 7) is 6.61. The lowest BCUT2D eigenvalue weighted by atomic mass is 10.0. The van der Waals surface area contributed by atoms with Crippen molar-refractivity contribution in [3.8, 4) is 6.07 Å². The molecule has 0 aromatic rings. The molecule has 2 N–H and O–H groups in total. The third kappa shape index (κ3) is 4.98. The number of morpholine rings is 1. The normalized spacial score (nSPS) is 22.1. The summed E-state index contributed by atoms with van der Waals surface area (Å²) in [6, 6.07) is 2.20. The van der Waals surface area contributed by atoms with Gasteiger partial charge in [0.2, 0.25) is 0 Å². The summed E-state index contributed by atoms with van der Waals surface area (Å²) in [5.74, 6) is 0.561.